The van der Waals surface area contributed by atoms with Gasteiger partial charge in [0.05, 0.1) is 5.69 Å². The van der Waals surface area contributed by atoms with Gasteiger partial charge in [-0.05, 0) is 13.0 Å². The summed E-state index contributed by atoms with van der Waals surface area (Å²) < 4.78 is 3.34. The van der Waals surface area contributed by atoms with Crippen LogP contribution in [0, 0.1) is 6.92 Å². The van der Waals surface area contributed by atoms with E-state index in [1.54, 1.807) is 15.3 Å². The van der Waals surface area contributed by atoms with E-state index >= 15 is 0 Å². The zero-order chi connectivity index (χ0) is 12.4. The molecule has 0 unspecified atom stereocenters. The summed E-state index contributed by atoms with van der Waals surface area (Å²) in [6.07, 6.45) is 3.60. The maximum atomic E-state index is 12.1. The van der Waals surface area contributed by atoms with Crippen molar-refractivity contribution in [3.05, 3.63) is 34.5 Å². The average molecular weight is 234 g/mol. The summed E-state index contributed by atoms with van der Waals surface area (Å²) in [6, 6.07) is 2.25. The highest BCUT2D eigenvalue weighted by molar-refractivity contribution is 5.44. The van der Waals surface area contributed by atoms with Gasteiger partial charge in [-0.1, -0.05) is 13.8 Å². The predicted molar refractivity (Wildman–Crippen MR) is 67.3 cm³/mol. The van der Waals surface area contributed by atoms with Gasteiger partial charge >= 0.3 is 0 Å². The molecule has 17 heavy (non-hydrogen) atoms. The van der Waals surface area contributed by atoms with E-state index in [4.69, 9.17) is 0 Å². The molecule has 1 N–H and O–H groups in total. The number of nitrogens with zero attached hydrogens (tertiary/aromatic N) is 3. The number of hydrogen-bond acceptors (Lipinski definition) is 3. The summed E-state index contributed by atoms with van der Waals surface area (Å²) >= 11 is 0. The van der Waals surface area contributed by atoms with E-state index in [0.29, 0.717) is 18.1 Å². The highest BCUT2D eigenvalue weighted by atomic mass is 16.1. The lowest BCUT2D eigenvalue weighted by Crippen LogP contribution is -2.30. The Bertz CT molecular complexity index is 567. The van der Waals surface area contributed by atoms with Gasteiger partial charge in [0, 0.05) is 31.5 Å². The fraction of sp³-hybridized carbons (Fsp3) is 0.500. The average Bonchev–Trinajstić information content (AvgIpc) is 2.63. The van der Waals surface area contributed by atoms with Crippen molar-refractivity contribution in [2.24, 2.45) is 0 Å². The fourth-order valence-corrected chi connectivity index (χ4v) is 1.80. The molecule has 2 rings (SSSR count). The molecule has 2 aromatic rings. The van der Waals surface area contributed by atoms with Gasteiger partial charge in [0.25, 0.3) is 5.56 Å². The predicted octanol–water partition coefficient (Wildman–Crippen LogP) is 0.802. The smallest absolute Gasteiger partial charge is 0.276 e. The summed E-state index contributed by atoms with van der Waals surface area (Å²) in [5.41, 5.74) is 1.51. The second-order valence-corrected chi connectivity index (χ2v) is 4.52. The van der Waals surface area contributed by atoms with E-state index in [1.807, 2.05) is 19.2 Å². The van der Waals surface area contributed by atoms with E-state index in [9.17, 15) is 4.79 Å². The minimum atomic E-state index is 0.0126. The molecule has 0 aliphatic rings. The quantitative estimate of drug-likeness (QED) is 0.851. The van der Waals surface area contributed by atoms with Crippen LogP contribution >= 0.6 is 0 Å². The molecule has 0 saturated carbocycles. The standard InChI is InChI=1S/C12H18N4O/c1-9(2)13-4-5-15-6-7-16-11(12(15)17)8-10(3)14-16/h6-9,13H,4-5H2,1-3H3. The lowest BCUT2D eigenvalue weighted by Gasteiger charge is -2.09. The van der Waals surface area contributed by atoms with Crippen LogP contribution in [0.25, 0.3) is 5.52 Å². The molecule has 0 bridgehead atoms. The number of hydrogen-bond donors (Lipinski definition) is 1. The van der Waals surface area contributed by atoms with Crippen molar-refractivity contribution < 1.29 is 0 Å². The summed E-state index contributed by atoms with van der Waals surface area (Å²) in [4.78, 5) is 12.1. The molecule has 2 aromatic heterocycles. The van der Waals surface area contributed by atoms with Gasteiger partial charge in [0.15, 0.2) is 0 Å². The molecular formula is C12H18N4O. The van der Waals surface area contributed by atoms with Crippen molar-refractivity contribution >= 4 is 5.52 Å². The van der Waals surface area contributed by atoms with Gasteiger partial charge in [0.1, 0.15) is 5.52 Å². The first-order valence-electron chi connectivity index (χ1n) is 5.87. The van der Waals surface area contributed by atoms with E-state index < -0.39 is 0 Å². The molecule has 0 aliphatic heterocycles. The molecule has 0 saturated heterocycles. The Labute approximate surface area is 100 Å². The van der Waals surface area contributed by atoms with Crippen LogP contribution in [0.5, 0.6) is 0 Å². The first kappa shape index (κ1) is 11.9. The highest BCUT2D eigenvalue weighted by Gasteiger charge is 2.04. The zero-order valence-electron chi connectivity index (χ0n) is 10.5. The van der Waals surface area contributed by atoms with E-state index in [0.717, 1.165) is 12.2 Å². The van der Waals surface area contributed by atoms with Gasteiger partial charge in [-0.2, -0.15) is 5.10 Å². The zero-order valence-corrected chi connectivity index (χ0v) is 10.5. The van der Waals surface area contributed by atoms with Crippen LogP contribution in [0.1, 0.15) is 19.5 Å². The lowest BCUT2D eigenvalue weighted by molar-refractivity contribution is 0.533. The molecular weight excluding hydrogens is 216 g/mol. The third-order valence-corrected chi connectivity index (χ3v) is 2.63. The van der Waals surface area contributed by atoms with Crippen LogP contribution in [0.4, 0.5) is 0 Å². The van der Waals surface area contributed by atoms with Crippen molar-refractivity contribution in [3.8, 4) is 0 Å². The van der Waals surface area contributed by atoms with E-state index in [1.165, 1.54) is 0 Å². The molecule has 0 aliphatic carbocycles. The largest absolute Gasteiger partial charge is 0.313 e. The molecule has 0 radical (unpaired) electrons. The van der Waals surface area contributed by atoms with Crippen LogP contribution in [0.2, 0.25) is 0 Å². The number of aryl methyl sites for hydroxylation is 1. The Balaban J connectivity index is 2.23. The Kier molecular flexibility index (Phi) is 3.28. The molecule has 0 fully saturated rings. The second-order valence-electron chi connectivity index (χ2n) is 4.52. The van der Waals surface area contributed by atoms with E-state index in [-0.39, 0.29) is 5.56 Å². The van der Waals surface area contributed by atoms with Crippen LogP contribution in [-0.4, -0.2) is 26.8 Å². The Morgan fingerprint density at radius 3 is 2.88 bits per heavy atom. The van der Waals surface area contributed by atoms with Crippen molar-refractivity contribution in [1.29, 1.82) is 0 Å². The molecule has 0 atom stereocenters. The van der Waals surface area contributed by atoms with Gasteiger partial charge in [-0.25, -0.2) is 4.52 Å². The van der Waals surface area contributed by atoms with Crippen LogP contribution in [0.3, 0.4) is 0 Å². The molecule has 5 nitrogen and oxygen atoms in total. The Morgan fingerprint density at radius 2 is 2.18 bits per heavy atom. The van der Waals surface area contributed by atoms with Crippen molar-refractivity contribution in [2.45, 2.75) is 33.4 Å². The maximum absolute atomic E-state index is 12.1. The van der Waals surface area contributed by atoms with Gasteiger partial charge < -0.3 is 9.88 Å². The summed E-state index contributed by atoms with van der Waals surface area (Å²) in [7, 11) is 0. The van der Waals surface area contributed by atoms with E-state index in [2.05, 4.69) is 24.3 Å². The van der Waals surface area contributed by atoms with Crippen LogP contribution in [0.15, 0.2) is 23.3 Å². The van der Waals surface area contributed by atoms with Crippen LogP contribution < -0.4 is 10.9 Å². The highest BCUT2D eigenvalue weighted by Crippen LogP contribution is 1.99. The summed E-state index contributed by atoms with van der Waals surface area (Å²) in [5, 5.41) is 7.50. The van der Waals surface area contributed by atoms with Gasteiger partial charge in [0.2, 0.25) is 0 Å². The van der Waals surface area contributed by atoms with Crippen molar-refractivity contribution in [3.63, 3.8) is 0 Å². The molecule has 5 heteroatoms. The monoisotopic (exact) mass is 234 g/mol. The lowest BCUT2D eigenvalue weighted by atomic mass is 10.4. The summed E-state index contributed by atoms with van der Waals surface area (Å²) in [5.74, 6) is 0. The third kappa shape index (κ3) is 2.55. The Morgan fingerprint density at radius 1 is 1.41 bits per heavy atom. The molecule has 2 heterocycles. The number of rotatable bonds is 4. The topological polar surface area (TPSA) is 51.3 Å². The first-order chi connectivity index (χ1) is 8.08. The SMILES string of the molecule is Cc1cc2c(=O)n(CCNC(C)C)ccn2n1. The number of nitrogens with one attached hydrogen (secondary N) is 1. The third-order valence-electron chi connectivity index (χ3n) is 2.63. The maximum Gasteiger partial charge on any atom is 0.276 e. The number of fused-ring (bicyclic) bond motifs is 1. The van der Waals surface area contributed by atoms with Gasteiger partial charge in [-0.15, -0.1) is 0 Å². The molecule has 0 aromatic carbocycles. The molecule has 92 valence electrons. The Hall–Kier alpha value is -1.62. The minimum absolute atomic E-state index is 0.0126. The molecule has 0 spiro atoms. The number of aromatic nitrogens is 3. The minimum Gasteiger partial charge on any atom is -0.313 e. The normalized spacial score (nSPS) is 11.5. The van der Waals surface area contributed by atoms with Crippen molar-refractivity contribution in [2.75, 3.05) is 6.54 Å². The van der Waals surface area contributed by atoms with Crippen molar-refractivity contribution in [1.82, 2.24) is 19.5 Å². The van der Waals surface area contributed by atoms with Crippen LogP contribution in [-0.2, 0) is 6.54 Å². The second kappa shape index (κ2) is 4.71. The fourth-order valence-electron chi connectivity index (χ4n) is 1.80. The summed E-state index contributed by atoms with van der Waals surface area (Å²) in [6.45, 7) is 7.54. The molecule has 0 amide bonds. The van der Waals surface area contributed by atoms with Gasteiger partial charge in [-0.3, -0.25) is 4.79 Å². The first-order valence-corrected chi connectivity index (χ1v) is 5.87.